The number of amides is 1. The highest BCUT2D eigenvalue weighted by atomic mass is 79.9. The number of methoxy groups -OCH3 is 2. The van der Waals surface area contributed by atoms with E-state index in [1.54, 1.807) is 18.2 Å². The summed E-state index contributed by atoms with van der Waals surface area (Å²) >= 11 is 3.57. The van der Waals surface area contributed by atoms with Crippen molar-refractivity contribution >= 4 is 21.8 Å². The zero-order valence-corrected chi connectivity index (χ0v) is 14.0. The molecule has 0 aliphatic rings. The molecule has 0 fully saturated rings. The van der Waals surface area contributed by atoms with E-state index in [1.165, 1.54) is 14.2 Å². The Labute approximate surface area is 129 Å². The average molecular weight is 344 g/mol. The average Bonchev–Trinajstić information content (AvgIpc) is 2.42. The Kier molecular flexibility index (Phi) is 6.85. The molecule has 0 radical (unpaired) electrons. The smallest absolute Gasteiger partial charge is 0.258 e. The summed E-state index contributed by atoms with van der Waals surface area (Å²) in [6.45, 7) is 4.87. The fourth-order valence-electron chi connectivity index (χ4n) is 1.96. The number of nitrogens with one attached hydrogen (secondary N) is 1. The van der Waals surface area contributed by atoms with E-state index in [0.717, 1.165) is 6.42 Å². The van der Waals surface area contributed by atoms with Crippen LogP contribution in [-0.2, 0) is 0 Å². The van der Waals surface area contributed by atoms with Gasteiger partial charge in [0.25, 0.3) is 5.91 Å². The minimum Gasteiger partial charge on any atom is -0.496 e. The van der Waals surface area contributed by atoms with E-state index in [1.807, 2.05) is 0 Å². The molecule has 0 bridgehead atoms. The maximum Gasteiger partial charge on any atom is 0.258 e. The fourth-order valence-corrected chi connectivity index (χ4v) is 2.87. The minimum atomic E-state index is -0.187. The first-order valence-electron chi connectivity index (χ1n) is 6.62. The standard InChI is InChI=1S/C15H22BrNO3/c1-10(2)8-11(16)9-17-15(18)14-12(19-3)6-5-7-13(14)20-4/h5-7,10-11H,8-9H2,1-4H3,(H,17,18). The number of hydrogen-bond acceptors (Lipinski definition) is 3. The van der Waals surface area contributed by atoms with Crippen LogP contribution < -0.4 is 14.8 Å². The summed E-state index contributed by atoms with van der Waals surface area (Å²) in [5.41, 5.74) is 0.432. The molecule has 0 aliphatic heterocycles. The molecule has 0 saturated carbocycles. The van der Waals surface area contributed by atoms with Crippen LogP contribution in [0.2, 0.25) is 0 Å². The van der Waals surface area contributed by atoms with Crippen molar-refractivity contribution in [2.45, 2.75) is 25.1 Å². The molecule has 5 heteroatoms. The molecule has 1 rings (SSSR count). The van der Waals surface area contributed by atoms with Gasteiger partial charge in [-0.05, 0) is 24.5 Å². The Morgan fingerprint density at radius 1 is 1.25 bits per heavy atom. The Morgan fingerprint density at radius 3 is 2.25 bits per heavy atom. The molecular formula is C15H22BrNO3. The molecule has 0 spiro atoms. The van der Waals surface area contributed by atoms with Crippen LogP contribution >= 0.6 is 15.9 Å². The van der Waals surface area contributed by atoms with E-state index in [9.17, 15) is 4.79 Å². The van der Waals surface area contributed by atoms with E-state index >= 15 is 0 Å². The van der Waals surface area contributed by atoms with Crippen molar-refractivity contribution in [3.8, 4) is 11.5 Å². The van der Waals surface area contributed by atoms with Crippen molar-refractivity contribution in [3.63, 3.8) is 0 Å². The van der Waals surface area contributed by atoms with Gasteiger partial charge in [0.1, 0.15) is 17.1 Å². The van der Waals surface area contributed by atoms with Crippen molar-refractivity contribution in [1.82, 2.24) is 5.32 Å². The highest BCUT2D eigenvalue weighted by Crippen LogP contribution is 2.28. The Bertz CT molecular complexity index is 426. The van der Waals surface area contributed by atoms with Gasteiger partial charge in [0.15, 0.2) is 0 Å². The van der Waals surface area contributed by atoms with Gasteiger partial charge in [-0.1, -0.05) is 35.8 Å². The van der Waals surface area contributed by atoms with Crippen molar-refractivity contribution in [3.05, 3.63) is 23.8 Å². The van der Waals surface area contributed by atoms with Gasteiger partial charge >= 0.3 is 0 Å². The highest BCUT2D eigenvalue weighted by molar-refractivity contribution is 9.09. The summed E-state index contributed by atoms with van der Waals surface area (Å²) < 4.78 is 10.5. The second kappa shape index (κ2) is 8.15. The molecule has 4 nitrogen and oxygen atoms in total. The lowest BCUT2D eigenvalue weighted by atomic mass is 10.1. The third-order valence-corrected chi connectivity index (χ3v) is 3.56. The lowest BCUT2D eigenvalue weighted by Crippen LogP contribution is -2.30. The number of carbonyl (C=O) groups excluding carboxylic acids is 1. The van der Waals surface area contributed by atoms with E-state index in [2.05, 4.69) is 35.1 Å². The molecule has 1 unspecified atom stereocenters. The van der Waals surface area contributed by atoms with Gasteiger partial charge in [0.05, 0.1) is 14.2 Å². The van der Waals surface area contributed by atoms with Gasteiger partial charge in [-0.25, -0.2) is 0 Å². The summed E-state index contributed by atoms with van der Waals surface area (Å²) in [6.07, 6.45) is 1.00. The zero-order chi connectivity index (χ0) is 15.1. The Morgan fingerprint density at radius 2 is 1.80 bits per heavy atom. The number of hydrogen-bond donors (Lipinski definition) is 1. The maximum absolute atomic E-state index is 12.3. The van der Waals surface area contributed by atoms with Crippen molar-refractivity contribution < 1.29 is 14.3 Å². The first kappa shape index (κ1) is 16.8. The molecule has 0 saturated heterocycles. The lowest BCUT2D eigenvalue weighted by molar-refractivity contribution is 0.0947. The van der Waals surface area contributed by atoms with Crippen molar-refractivity contribution in [2.75, 3.05) is 20.8 Å². The lowest BCUT2D eigenvalue weighted by Gasteiger charge is -2.16. The molecule has 1 aromatic rings. The number of ether oxygens (including phenoxy) is 2. The number of carbonyl (C=O) groups is 1. The topological polar surface area (TPSA) is 47.6 Å². The molecule has 0 heterocycles. The monoisotopic (exact) mass is 343 g/mol. The molecule has 1 atom stereocenters. The van der Waals surface area contributed by atoms with Crippen LogP contribution in [0.4, 0.5) is 0 Å². The number of alkyl halides is 1. The number of benzene rings is 1. The number of rotatable bonds is 7. The summed E-state index contributed by atoms with van der Waals surface area (Å²) in [5.74, 6) is 1.42. The van der Waals surface area contributed by atoms with Gasteiger partial charge in [-0.3, -0.25) is 4.79 Å². The van der Waals surface area contributed by atoms with Gasteiger partial charge in [-0.2, -0.15) is 0 Å². The fraction of sp³-hybridized carbons (Fsp3) is 0.533. The molecule has 1 aromatic carbocycles. The normalized spacial score (nSPS) is 12.1. The summed E-state index contributed by atoms with van der Waals surface area (Å²) in [7, 11) is 3.08. The molecule has 1 amide bonds. The molecule has 112 valence electrons. The van der Waals surface area contributed by atoms with Crippen LogP contribution in [-0.4, -0.2) is 31.5 Å². The van der Waals surface area contributed by atoms with Crippen LogP contribution in [0.1, 0.15) is 30.6 Å². The predicted molar refractivity (Wildman–Crippen MR) is 84.0 cm³/mol. The van der Waals surface area contributed by atoms with Crippen molar-refractivity contribution in [2.24, 2.45) is 5.92 Å². The highest BCUT2D eigenvalue weighted by Gasteiger charge is 2.18. The van der Waals surface area contributed by atoms with Gasteiger partial charge < -0.3 is 14.8 Å². The molecule has 0 aliphatic carbocycles. The largest absolute Gasteiger partial charge is 0.496 e. The second-order valence-electron chi connectivity index (χ2n) is 4.97. The van der Waals surface area contributed by atoms with E-state index in [0.29, 0.717) is 29.5 Å². The summed E-state index contributed by atoms with van der Waals surface area (Å²) in [4.78, 5) is 12.6. The Hall–Kier alpha value is -1.23. The third kappa shape index (κ3) is 4.71. The second-order valence-corrected chi connectivity index (χ2v) is 6.27. The molecule has 20 heavy (non-hydrogen) atoms. The predicted octanol–water partition coefficient (Wildman–Crippen LogP) is 3.24. The molecule has 0 aromatic heterocycles. The summed E-state index contributed by atoms with van der Waals surface area (Å²) in [6, 6.07) is 5.29. The molecular weight excluding hydrogens is 322 g/mol. The van der Waals surface area contributed by atoms with Crippen LogP contribution in [0.25, 0.3) is 0 Å². The first-order valence-corrected chi connectivity index (χ1v) is 7.54. The van der Waals surface area contributed by atoms with Crippen LogP contribution in [0, 0.1) is 5.92 Å². The van der Waals surface area contributed by atoms with Crippen molar-refractivity contribution in [1.29, 1.82) is 0 Å². The number of halogens is 1. The quantitative estimate of drug-likeness (QED) is 0.773. The molecule has 1 N–H and O–H groups in total. The van der Waals surface area contributed by atoms with E-state index < -0.39 is 0 Å². The van der Waals surface area contributed by atoms with Gasteiger partial charge in [0.2, 0.25) is 0 Å². The van der Waals surface area contributed by atoms with Crippen LogP contribution in [0.3, 0.4) is 0 Å². The first-order chi connectivity index (χ1) is 9.49. The third-order valence-electron chi connectivity index (χ3n) is 2.87. The SMILES string of the molecule is COc1cccc(OC)c1C(=O)NCC(Br)CC(C)C. The Balaban J connectivity index is 2.77. The van der Waals surface area contributed by atoms with Crippen LogP contribution in [0.15, 0.2) is 18.2 Å². The van der Waals surface area contributed by atoms with Gasteiger partial charge in [0, 0.05) is 11.4 Å². The maximum atomic E-state index is 12.3. The van der Waals surface area contributed by atoms with E-state index in [4.69, 9.17) is 9.47 Å². The minimum absolute atomic E-state index is 0.187. The van der Waals surface area contributed by atoms with Crippen LogP contribution in [0.5, 0.6) is 11.5 Å². The van der Waals surface area contributed by atoms with E-state index in [-0.39, 0.29) is 10.7 Å². The van der Waals surface area contributed by atoms with Gasteiger partial charge in [-0.15, -0.1) is 0 Å². The zero-order valence-electron chi connectivity index (χ0n) is 12.4. The summed E-state index contributed by atoms with van der Waals surface area (Å²) in [5, 5.41) is 2.91.